The van der Waals surface area contributed by atoms with Crippen molar-refractivity contribution in [3.05, 3.63) is 35.4 Å². The Labute approximate surface area is 134 Å². The van der Waals surface area contributed by atoms with Crippen LogP contribution in [0.2, 0.25) is 0 Å². The zero-order valence-electron chi connectivity index (χ0n) is 13.1. The molecule has 0 aromatic heterocycles. The van der Waals surface area contributed by atoms with Gasteiger partial charge in [0.05, 0.1) is 6.61 Å². The van der Waals surface area contributed by atoms with Gasteiger partial charge in [-0.25, -0.2) is 8.78 Å². The number of aliphatic hydroxyl groups is 1. The molecule has 1 aromatic carbocycles. The molecule has 2 saturated heterocycles. The summed E-state index contributed by atoms with van der Waals surface area (Å²) in [6.07, 6.45) is 3.29. The molecule has 2 aliphatic rings. The van der Waals surface area contributed by atoms with E-state index in [-0.39, 0.29) is 12.5 Å². The highest BCUT2D eigenvalue weighted by atomic mass is 19.1. The van der Waals surface area contributed by atoms with E-state index in [9.17, 15) is 13.6 Å². The van der Waals surface area contributed by atoms with Crippen molar-refractivity contribution in [1.29, 1.82) is 0 Å². The highest BCUT2D eigenvalue weighted by molar-refractivity contribution is 5.87. The van der Waals surface area contributed by atoms with E-state index < -0.39 is 17.2 Å². The van der Waals surface area contributed by atoms with E-state index in [1.165, 1.54) is 12.1 Å². The second-order valence-electron chi connectivity index (χ2n) is 6.41. The number of halogens is 2. The second kappa shape index (κ2) is 6.53. The van der Waals surface area contributed by atoms with Crippen molar-refractivity contribution in [2.45, 2.75) is 37.8 Å². The van der Waals surface area contributed by atoms with Crippen LogP contribution in [0.4, 0.5) is 8.78 Å². The molecule has 1 unspecified atom stereocenters. The largest absolute Gasteiger partial charge is 0.395 e. The number of aliphatic hydroxyl groups excluding tert-OH is 1. The number of carbonyl (C=O) groups excluding carboxylic acids is 1. The van der Waals surface area contributed by atoms with Gasteiger partial charge in [-0.05, 0) is 38.3 Å². The first-order valence-electron chi connectivity index (χ1n) is 8.16. The van der Waals surface area contributed by atoms with Crippen LogP contribution in [0, 0.1) is 11.6 Å². The Hall–Kier alpha value is -1.53. The van der Waals surface area contributed by atoms with Gasteiger partial charge in [0.2, 0.25) is 5.91 Å². The smallest absolute Gasteiger partial charge is 0.243 e. The number of carbonyl (C=O) groups is 1. The molecule has 3 rings (SSSR count). The standard InChI is InChI=1S/C17H22F2N2O2/c18-14-4-3-13(15(19)11-14)12-21-8-2-6-17(21)5-1-7-20(9-10-22)16(17)23/h3-4,11,22H,1-2,5-10,12H2. The third-order valence-corrected chi connectivity index (χ3v) is 5.07. The van der Waals surface area contributed by atoms with Crippen LogP contribution in [0.15, 0.2) is 18.2 Å². The normalized spacial score (nSPS) is 25.5. The molecule has 0 aliphatic carbocycles. The lowest BCUT2D eigenvalue weighted by molar-refractivity contribution is -0.148. The molecule has 6 heteroatoms. The number of likely N-dealkylation sites (tertiary alicyclic amines) is 2. The monoisotopic (exact) mass is 324 g/mol. The van der Waals surface area contributed by atoms with Gasteiger partial charge in [-0.1, -0.05) is 6.07 Å². The summed E-state index contributed by atoms with van der Waals surface area (Å²) in [6.45, 7) is 2.01. The summed E-state index contributed by atoms with van der Waals surface area (Å²) in [7, 11) is 0. The van der Waals surface area contributed by atoms with Crippen LogP contribution in [0.5, 0.6) is 0 Å². The Kier molecular flexibility index (Phi) is 4.64. The summed E-state index contributed by atoms with van der Waals surface area (Å²) in [4.78, 5) is 16.6. The van der Waals surface area contributed by atoms with E-state index in [0.29, 0.717) is 25.2 Å². The summed E-state index contributed by atoms with van der Waals surface area (Å²) < 4.78 is 27.0. The van der Waals surface area contributed by atoms with Gasteiger partial charge in [-0.15, -0.1) is 0 Å². The van der Waals surface area contributed by atoms with Crippen molar-refractivity contribution in [3.8, 4) is 0 Å². The maximum atomic E-state index is 14.0. The molecule has 1 spiro atoms. The van der Waals surface area contributed by atoms with Crippen LogP contribution >= 0.6 is 0 Å². The van der Waals surface area contributed by atoms with Crippen molar-refractivity contribution in [2.75, 3.05) is 26.2 Å². The molecule has 1 N–H and O–H groups in total. The fraction of sp³-hybridized carbons (Fsp3) is 0.588. The molecule has 0 saturated carbocycles. The van der Waals surface area contributed by atoms with E-state index >= 15 is 0 Å². The van der Waals surface area contributed by atoms with Crippen LogP contribution in [0.25, 0.3) is 0 Å². The molecule has 1 atom stereocenters. The number of hydrogen-bond acceptors (Lipinski definition) is 3. The number of piperidine rings is 1. The molecule has 1 aromatic rings. The minimum absolute atomic E-state index is 0.0396. The Morgan fingerprint density at radius 3 is 2.61 bits per heavy atom. The Bertz CT molecular complexity index is 594. The summed E-state index contributed by atoms with van der Waals surface area (Å²) in [5.41, 5.74) is -0.173. The first-order valence-corrected chi connectivity index (χ1v) is 8.16. The molecule has 126 valence electrons. The van der Waals surface area contributed by atoms with Gasteiger partial charge in [0.1, 0.15) is 17.2 Å². The van der Waals surface area contributed by atoms with E-state index in [0.717, 1.165) is 38.3 Å². The number of rotatable bonds is 4. The van der Waals surface area contributed by atoms with Gasteiger partial charge in [0.15, 0.2) is 0 Å². The van der Waals surface area contributed by atoms with Gasteiger partial charge in [-0.2, -0.15) is 0 Å². The SMILES string of the molecule is O=C1N(CCO)CCCC12CCCN2Cc1ccc(F)cc1F. The van der Waals surface area contributed by atoms with Crippen molar-refractivity contribution in [1.82, 2.24) is 9.80 Å². The molecule has 4 nitrogen and oxygen atoms in total. The number of hydrogen-bond donors (Lipinski definition) is 1. The van der Waals surface area contributed by atoms with Crippen LogP contribution in [0.3, 0.4) is 0 Å². The lowest BCUT2D eigenvalue weighted by Crippen LogP contribution is -2.60. The summed E-state index contributed by atoms with van der Waals surface area (Å²) in [5, 5.41) is 9.14. The van der Waals surface area contributed by atoms with E-state index in [1.54, 1.807) is 4.90 Å². The summed E-state index contributed by atoms with van der Waals surface area (Å²) in [5.74, 6) is -1.12. The lowest BCUT2D eigenvalue weighted by atomic mass is 9.85. The van der Waals surface area contributed by atoms with E-state index in [1.807, 2.05) is 4.90 Å². The second-order valence-corrected chi connectivity index (χ2v) is 6.41. The van der Waals surface area contributed by atoms with E-state index in [2.05, 4.69) is 0 Å². The average molecular weight is 324 g/mol. The highest BCUT2D eigenvalue weighted by Crippen LogP contribution is 2.39. The Balaban J connectivity index is 1.82. The minimum atomic E-state index is -0.592. The fourth-order valence-electron chi connectivity index (χ4n) is 3.94. The number of benzene rings is 1. The molecule has 23 heavy (non-hydrogen) atoms. The minimum Gasteiger partial charge on any atom is -0.395 e. The Morgan fingerprint density at radius 1 is 1.17 bits per heavy atom. The van der Waals surface area contributed by atoms with Crippen LogP contribution < -0.4 is 0 Å². The summed E-state index contributed by atoms with van der Waals surface area (Å²) in [6, 6.07) is 3.59. The fourth-order valence-corrected chi connectivity index (χ4v) is 3.94. The molecule has 1 amide bonds. The van der Waals surface area contributed by atoms with Crippen LogP contribution in [-0.4, -0.2) is 52.6 Å². The summed E-state index contributed by atoms with van der Waals surface area (Å²) >= 11 is 0. The van der Waals surface area contributed by atoms with Gasteiger partial charge in [0.25, 0.3) is 0 Å². The average Bonchev–Trinajstić information content (AvgIpc) is 2.91. The van der Waals surface area contributed by atoms with Crippen molar-refractivity contribution in [3.63, 3.8) is 0 Å². The van der Waals surface area contributed by atoms with E-state index in [4.69, 9.17) is 5.11 Å². The van der Waals surface area contributed by atoms with Gasteiger partial charge in [0, 0.05) is 31.3 Å². The first kappa shape index (κ1) is 16.3. The molecule has 0 radical (unpaired) electrons. The molecular formula is C17H22F2N2O2. The lowest BCUT2D eigenvalue weighted by Gasteiger charge is -2.44. The molecule has 2 heterocycles. The number of nitrogens with zero attached hydrogens (tertiary/aromatic N) is 2. The Morgan fingerprint density at radius 2 is 1.91 bits per heavy atom. The number of amides is 1. The third kappa shape index (κ3) is 2.97. The quantitative estimate of drug-likeness (QED) is 0.920. The van der Waals surface area contributed by atoms with Gasteiger partial charge in [-0.3, -0.25) is 9.69 Å². The van der Waals surface area contributed by atoms with Crippen molar-refractivity contribution < 1.29 is 18.7 Å². The predicted octanol–water partition coefficient (Wildman–Crippen LogP) is 1.91. The highest BCUT2D eigenvalue weighted by Gasteiger charge is 2.50. The topological polar surface area (TPSA) is 43.8 Å². The van der Waals surface area contributed by atoms with Gasteiger partial charge >= 0.3 is 0 Å². The zero-order valence-corrected chi connectivity index (χ0v) is 13.1. The van der Waals surface area contributed by atoms with Gasteiger partial charge < -0.3 is 10.0 Å². The van der Waals surface area contributed by atoms with Crippen molar-refractivity contribution >= 4 is 5.91 Å². The molecular weight excluding hydrogens is 302 g/mol. The van der Waals surface area contributed by atoms with Crippen LogP contribution in [-0.2, 0) is 11.3 Å². The maximum absolute atomic E-state index is 14.0. The maximum Gasteiger partial charge on any atom is 0.243 e. The third-order valence-electron chi connectivity index (χ3n) is 5.07. The van der Waals surface area contributed by atoms with Crippen LogP contribution in [0.1, 0.15) is 31.2 Å². The number of β-amino-alcohol motifs (C(OH)–C–C–N with tert-alkyl or cyclic N) is 1. The first-order chi connectivity index (χ1) is 11.1. The molecule has 0 bridgehead atoms. The zero-order chi connectivity index (χ0) is 16.4. The van der Waals surface area contributed by atoms with Crippen molar-refractivity contribution in [2.24, 2.45) is 0 Å². The predicted molar refractivity (Wildman–Crippen MR) is 81.6 cm³/mol. The molecule has 2 aliphatic heterocycles. The molecule has 2 fully saturated rings.